The SMILES string of the molecule is CCN(CC)N(N(CC)CC)[P+](=O)[O-]. The van der Waals surface area contributed by atoms with E-state index in [4.69, 9.17) is 0 Å². The summed E-state index contributed by atoms with van der Waals surface area (Å²) in [6.45, 7) is 10.5. The maximum Gasteiger partial charge on any atom is 0.443 e. The second-order valence-corrected chi connectivity index (χ2v) is 3.62. The molecule has 1 atom stereocenters. The van der Waals surface area contributed by atoms with E-state index in [0.717, 1.165) is 0 Å². The first-order valence-corrected chi connectivity index (χ1v) is 6.19. The van der Waals surface area contributed by atoms with Gasteiger partial charge in [0.25, 0.3) is 0 Å². The molecule has 14 heavy (non-hydrogen) atoms. The van der Waals surface area contributed by atoms with Gasteiger partial charge in [0.2, 0.25) is 0 Å². The van der Waals surface area contributed by atoms with Gasteiger partial charge in [-0.2, -0.15) is 10.0 Å². The van der Waals surface area contributed by atoms with Crippen molar-refractivity contribution < 1.29 is 9.46 Å². The number of rotatable bonds is 7. The normalized spacial score (nSPS) is 13.0. The van der Waals surface area contributed by atoms with Crippen molar-refractivity contribution in [2.75, 3.05) is 26.2 Å². The predicted molar refractivity (Wildman–Crippen MR) is 55.3 cm³/mol. The summed E-state index contributed by atoms with van der Waals surface area (Å²) >= 11 is 0. The lowest BCUT2D eigenvalue weighted by Crippen LogP contribution is -2.50. The van der Waals surface area contributed by atoms with Gasteiger partial charge >= 0.3 is 8.18 Å². The lowest BCUT2D eigenvalue weighted by Gasteiger charge is -2.32. The maximum absolute atomic E-state index is 11.1. The number of hydrazine groups is 2. The van der Waals surface area contributed by atoms with Gasteiger partial charge in [-0.25, -0.2) is 0 Å². The molecular formula is C8H20N3O2P. The quantitative estimate of drug-likeness (QED) is 0.470. The highest BCUT2D eigenvalue weighted by atomic mass is 31.1. The fraction of sp³-hybridized carbons (Fsp3) is 1.00. The lowest BCUT2D eigenvalue weighted by molar-refractivity contribution is -0.217. The zero-order valence-electron chi connectivity index (χ0n) is 9.43. The van der Waals surface area contributed by atoms with Crippen LogP contribution in [0.3, 0.4) is 0 Å². The molecule has 0 aromatic carbocycles. The van der Waals surface area contributed by atoms with Gasteiger partial charge in [-0.3, -0.25) is 0 Å². The molecule has 6 heteroatoms. The zero-order valence-corrected chi connectivity index (χ0v) is 10.3. The summed E-state index contributed by atoms with van der Waals surface area (Å²) < 4.78 is 11.1. The van der Waals surface area contributed by atoms with Crippen LogP contribution < -0.4 is 4.89 Å². The van der Waals surface area contributed by atoms with Crippen molar-refractivity contribution >= 4 is 8.18 Å². The van der Waals surface area contributed by atoms with E-state index in [0.29, 0.717) is 26.2 Å². The second-order valence-electron chi connectivity index (χ2n) is 2.78. The van der Waals surface area contributed by atoms with Crippen LogP contribution in [0.1, 0.15) is 27.7 Å². The van der Waals surface area contributed by atoms with Crippen molar-refractivity contribution in [3.63, 3.8) is 0 Å². The topological polar surface area (TPSA) is 49.8 Å². The van der Waals surface area contributed by atoms with Crippen molar-refractivity contribution in [3.8, 4) is 0 Å². The molecule has 0 N–H and O–H groups in total. The Morgan fingerprint density at radius 2 is 1.21 bits per heavy atom. The Kier molecular flexibility index (Phi) is 7.23. The predicted octanol–water partition coefficient (Wildman–Crippen LogP) is 0.820. The number of nitrogens with zero attached hydrogens (tertiary/aromatic N) is 3. The monoisotopic (exact) mass is 221 g/mol. The fourth-order valence-electron chi connectivity index (χ4n) is 1.34. The van der Waals surface area contributed by atoms with E-state index in [2.05, 4.69) is 0 Å². The summed E-state index contributed by atoms with van der Waals surface area (Å²) in [5.74, 6) is 0. The first-order valence-electron chi connectivity index (χ1n) is 5.06. The lowest BCUT2D eigenvalue weighted by atomic mass is 10.6. The largest absolute Gasteiger partial charge is 0.576 e. The third kappa shape index (κ3) is 3.59. The summed E-state index contributed by atoms with van der Waals surface area (Å²) in [6, 6.07) is 0. The van der Waals surface area contributed by atoms with E-state index in [1.165, 1.54) is 4.89 Å². The van der Waals surface area contributed by atoms with Crippen molar-refractivity contribution in [2.45, 2.75) is 27.7 Å². The Hall–Kier alpha value is -0.0600. The van der Waals surface area contributed by atoms with Gasteiger partial charge in [-0.15, -0.1) is 0 Å². The van der Waals surface area contributed by atoms with Crippen LogP contribution in [0.5, 0.6) is 0 Å². The summed E-state index contributed by atoms with van der Waals surface area (Å²) in [5.41, 5.74) is 0. The minimum Gasteiger partial charge on any atom is -0.576 e. The highest BCUT2D eigenvalue weighted by Gasteiger charge is 2.29. The second kappa shape index (κ2) is 7.26. The van der Waals surface area contributed by atoms with Crippen molar-refractivity contribution in [2.24, 2.45) is 0 Å². The molecule has 0 aliphatic heterocycles. The maximum atomic E-state index is 11.1. The Morgan fingerprint density at radius 3 is 1.36 bits per heavy atom. The first-order chi connectivity index (χ1) is 6.62. The van der Waals surface area contributed by atoms with Gasteiger partial charge < -0.3 is 4.89 Å². The summed E-state index contributed by atoms with van der Waals surface area (Å²) in [4.78, 5) is 12.4. The number of hydrogen-bond acceptors (Lipinski definition) is 4. The molecule has 0 heterocycles. The minimum atomic E-state index is -2.58. The summed E-state index contributed by atoms with van der Waals surface area (Å²) in [6.07, 6.45) is 0. The molecule has 0 aliphatic rings. The average Bonchev–Trinajstić information content (AvgIpc) is 2.18. The molecule has 0 saturated carbocycles. The van der Waals surface area contributed by atoms with E-state index in [9.17, 15) is 9.46 Å². The number of hydrogen-bond donors (Lipinski definition) is 0. The Labute approximate surface area is 87.2 Å². The van der Waals surface area contributed by atoms with Gasteiger partial charge in [-0.1, -0.05) is 27.7 Å². The van der Waals surface area contributed by atoms with Crippen LogP contribution in [0.25, 0.3) is 0 Å². The van der Waals surface area contributed by atoms with E-state index >= 15 is 0 Å². The van der Waals surface area contributed by atoms with Gasteiger partial charge in [0.15, 0.2) is 0 Å². The molecule has 0 aliphatic carbocycles. The third-order valence-electron chi connectivity index (χ3n) is 2.11. The van der Waals surface area contributed by atoms with Crippen LogP contribution in [0.4, 0.5) is 0 Å². The third-order valence-corrected chi connectivity index (χ3v) is 2.91. The van der Waals surface area contributed by atoms with Crippen LogP contribution in [0.15, 0.2) is 0 Å². The van der Waals surface area contributed by atoms with Gasteiger partial charge in [0.1, 0.15) is 0 Å². The van der Waals surface area contributed by atoms with E-state index < -0.39 is 8.18 Å². The van der Waals surface area contributed by atoms with Crippen LogP contribution in [-0.4, -0.2) is 41.1 Å². The highest BCUT2D eigenvalue weighted by Crippen LogP contribution is 2.22. The Morgan fingerprint density at radius 1 is 0.929 bits per heavy atom. The highest BCUT2D eigenvalue weighted by molar-refractivity contribution is 7.33. The summed E-state index contributed by atoms with van der Waals surface area (Å²) in [5, 5.41) is 3.58. The van der Waals surface area contributed by atoms with Crippen LogP contribution in [0.2, 0.25) is 0 Å². The van der Waals surface area contributed by atoms with Crippen LogP contribution in [0, 0.1) is 0 Å². The molecular weight excluding hydrogens is 201 g/mol. The molecule has 0 rings (SSSR count). The molecule has 0 bridgehead atoms. The molecule has 0 amide bonds. The van der Waals surface area contributed by atoms with Gasteiger partial charge in [-0.05, 0) is 4.57 Å². The molecule has 0 spiro atoms. The molecule has 5 nitrogen and oxygen atoms in total. The smallest absolute Gasteiger partial charge is 0.443 e. The van der Waals surface area contributed by atoms with Gasteiger partial charge in [0, 0.05) is 31.1 Å². The molecule has 0 aromatic rings. The van der Waals surface area contributed by atoms with Crippen LogP contribution in [-0.2, 0) is 4.57 Å². The van der Waals surface area contributed by atoms with Gasteiger partial charge in [0.05, 0.1) is 0 Å². The summed E-state index contributed by atoms with van der Waals surface area (Å²) in [7, 11) is -2.58. The molecule has 0 aromatic heterocycles. The van der Waals surface area contributed by atoms with Crippen molar-refractivity contribution in [1.29, 1.82) is 0 Å². The molecule has 1 unspecified atom stereocenters. The van der Waals surface area contributed by atoms with E-state index in [1.807, 2.05) is 27.7 Å². The first kappa shape index (κ1) is 13.9. The molecule has 0 radical (unpaired) electrons. The Balaban J connectivity index is 4.62. The molecule has 0 saturated heterocycles. The minimum absolute atomic E-state index is 0.691. The van der Waals surface area contributed by atoms with Crippen molar-refractivity contribution in [3.05, 3.63) is 0 Å². The van der Waals surface area contributed by atoms with E-state index in [1.54, 1.807) is 10.0 Å². The molecule has 0 fully saturated rings. The Bertz CT molecular complexity index is 160. The zero-order chi connectivity index (χ0) is 11.1. The van der Waals surface area contributed by atoms with Crippen LogP contribution >= 0.6 is 8.18 Å². The fourth-order valence-corrected chi connectivity index (χ4v) is 2.26. The van der Waals surface area contributed by atoms with E-state index in [-0.39, 0.29) is 0 Å². The van der Waals surface area contributed by atoms with Crippen molar-refractivity contribution in [1.82, 2.24) is 14.9 Å². The standard InChI is InChI=1S/C8H20N3O2P/c1-5-9(6-2)11(14(12)13)10(7-3)8-4/h5-8H2,1-4H3. The average molecular weight is 221 g/mol. The molecule has 84 valence electrons.